The molecule has 2 aromatic carbocycles. The summed E-state index contributed by atoms with van der Waals surface area (Å²) in [6.07, 6.45) is 7.93. The molecule has 1 aliphatic carbocycles. The Morgan fingerprint density at radius 1 is 1.04 bits per heavy atom. The quantitative estimate of drug-likeness (QED) is 0.772. The number of amides is 2. The molecule has 2 aromatic rings. The maximum Gasteiger partial charge on any atom is 0.244 e. The van der Waals surface area contributed by atoms with Crippen molar-refractivity contribution in [1.82, 2.24) is 10.6 Å². The Bertz CT molecular complexity index is 828. The summed E-state index contributed by atoms with van der Waals surface area (Å²) in [5.41, 5.74) is 4.89. The van der Waals surface area contributed by atoms with E-state index < -0.39 is 0 Å². The second-order valence-electron chi connectivity index (χ2n) is 6.99. The average Bonchev–Trinajstić information content (AvgIpc) is 2.71. The highest BCUT2D eigenvalue weighted by Crippen LogP contribution is 2.24. The van der Waals surface area contributed by atoms with Gasteiger partial charge in [-0.2, -0.15) is 0 Å². The molecule has 0 saturated carbocycles. The maximum atomic E-state index is 12.1. The molecule has 0 aromatic heterocycles. The molecule has 27 heavy (non-hydrogen) atoms. The van der Waals surface area contributed by atoms with Crippen LogP contribution in [-0.4, -0.2) is 18.4 Å². The molecule has 0 bridgehead atoms. The molecule has 3 rings (SSSR count). The Kier molecular flexibility index (Phi) is 6.42. The summed E-state index contributed by atoms with van der Waals surface area (Å²) in [6.45, 7) is 1.94. The SMILES string of the molecule is C[C@@H](NC(=O)CNC(=O)/C=C/c1ccccc1)c1ccc2c(c1)CCCC2. The van der Waals surface area contributed by atoms with E-state index in [9.17, 15) is 9.59 Å². The number of benzene rings is 2. The number of carbonyl (C=O) groups is 2. The summed E-state index contributed by atoms with van der Waals surface area (Å²) in [6, 6.07) is 16.0. The number of nitrogens with one attached hydrogen (secondary N) is 2. The lowest BCUT2D eigenvalue weighted by molar-refractivity contribution is -0.124. The predicted molar refractivity (Wildman–Crippen MR) is 108 cm³/mol. The zero-order chi connectivity index (χ0) is 19.1. The van der Waals surface area contributed by atoms with Gasteiger partial charge in [-0.1, -0.05) is 48.5 Å². The van der Waals surface area contributed by atoms with Crippen LogP contribution in [0.4, 0.5) is 0 Å². The molecule has 1 aliphatic rings. The number of rotatable bonds is 6. The van der Waals surface area contributed by atoms with Gasteiger partial charge in [0.05, 0.1) is 12.6 Å². The Balaban J connectivity index is 1.47. The van der Waals surface area contributed by atoms with E-state index in [1.807, 2.05) is 37.3 Å². The van der Waals surface area contributed by atoms with Crippen molar-refractivity contribution in [3.05, 3.63) is 76.9 Å². The van der Waals surface area contributed by atoms with E-state index in [4.69, 9.17) is 0 Å². The first kappa shape index (κ1) is 18.9. The van der Waals surface area contributed by atoms with E-state index in [0.29, 0.717) is 0 Å². The van der Waals surface area contributed by atoms with Crippen molar-refractivity contribution >= 4 is 17.9 Å². The molecule has 0 unspecified atom stereocenters. The molecule has 140 valence electrons. The van der Waals surface area contributed by atoms with Crippen LogP contribution < -0.4 is 10.6 Å². The van der Waals surface area contributed by atoms with Crippen molar-refractivity contribution in [2.75, 3.05) is 6.54 Å². The molecular formula is C23H26N2O2. The van der Waals surface area contributed by atoms with Crippen molar-refractivity contribution in [2.45, 2.75) is 38.6 Å². The van der Waals surface area contributed by atoms with Crippen LogP contribution in [0.15, 0.2) is 54.6 Å². The summed E-state index contributed by atoms with van der Waals surface area (Å²) < 4.78 is 0. The summed E-state index contributed by atoms with van der Waals surface area (Å²) in [7, 11) is 0. The van der Waals surface area contributed by atoms with Crippen molar-refractivity contribution in [2.24, 2.45) is 0 Å². The van der Waals surface area contributed by atoms with Gasteiger partial charge in [0, 0.05) is 6.08 Å². The van der Waals surface area contributed by atoms with E-state index in [-0.39, 0.29) is 24.4 Å². The Morgan fingerprint density at radius 3 is 2.56 bits per heavy atom. The van der Waals surface area contributed by atoms with Crippen molar-refractivity contribution in [1.29, 1.82) is 0 Å². The predicted octanol–water partition coefficient (Wildman–Crippen LogP) is 3.57. The first-order valence-electron chi connectivity index (χ1n) is 9.54. The molecule has 0 aliphatic heterocycles. The largest absolute Gasteiger partial charge is 0.348 e. The summed E-state index contributed by atoms with van der Waals surface area (Å²) >= 11 is 0. The minimum Gasteiger partial charge on any atom is -0.348 e. The van der Waals surface area contributed by atoms with Crippen molar-refractivity contribution in [3.63, 3.8) is 0 Å². The van der Waals surface area contributed by atoms with Crippen LogP contribution in [0, 0.1) is 0 Å². The highest BCUT2D eigenvalue weighted by molar-refractivity contribution is 5.94. The highest BCUT2D eigenvalue weighted by atomic mass is 16.2. The molecule has 0 fully saturated rings. The van der Waals surface area contributed by atoms with Crippen LogP contribution >= 0.6 is 0 Å². The van der Waals surface area contributed by atoms with Gasteiger partial charge in [-0.05, 0) is 60.9 Å². The van der Waals surface area contributed by atoms with Gasteiger partial charge in [-0.15, -0.1) is 0 Å². The fourth-order valence-electron chi connectivity index (χ4n) is 3.36. The molecule has 2 amide bonds. The second-order valence-corrected chi connectivity index (χ2v) is 6.99. The maximum absolute atomic E-state index is 12.1. The van der Waals surface area contributed by atoms with E-state index in [2.05, 4.69) is 28.8 Å². The molecular weight excluding hydrogens is 336 g/mol. The van der Waals surface area contributed by atoms with Crippen LogP contribution in [-0.2, 0) is 22.4 Å². The Hall–Kier alpha value is -2.88. The second kappa shape index (κ2) is 9.17. The zero-order valence-electron chi connectivity index (χ0n) is 15.7. The fourth-order valence-corrected chi connectivity index (χ4v) is 3.36. The van der Waals surface area contributed by atoms with Gasteiger partial charge < -0.3 is 10.6 Å². The summed E-state index contributed by atoms with van der Waals surface area (Å²) in [4.78, 5) is 24.0. The highest BCUT2D eigenvalue weighted by Gasteiger charge is 2.14. The molecule has 0 spiro atoms. The molecule has 0 radical (unpaired) electrons. The van der Waals surface area contributed by atoms with Gasteiger partial charge in [0.2, 0.25) is 11.8 Å². The number of hydrogen-bond acceptors (Lipinski definition) is 2. The lowest BCUT2D eigenvalue weighted by Gasteiger charge is -2.20. The van der Waals surface area contributed by atoms with Gasteiger partial charge in [0.25, 0.3) is 0 Å². The van der Waals surface area contributed by atoms with Crippen LogP contribution in [0.5, 0.6) is 0 Å². The third kappa shape index (κ3) is 5.55. The van der Waals surface area contributed by atoms with Crippen LogP contribution in [0.25, 0.3) is 6.08 Å². The monoisotopic (exact) mass is 362 g/mol. The first-order chi connectivity index (χ1) is 13.1. The third-order valence-corrected chi connectivity index (χ3v) is 4.90. The number of aryl methyl sites for hydroxylation is 2. The zero-order valence-corrected chi connectivity index (χ0v) is 15.7. The summed E-state index contributed by atoms with van der Waals surface area (Å²) in [5, 5.41) is 5.58. The average molecular weight is 362 g/mol. The molecule has 2 N–H and O–H groups in total. The molecule has 0 saturated heterocycles. The minimum atomic E-state index is -0.282. The Labute approximate surface area is 160 Å². The first-order valence-corrected chi connectivity index (χ1v) is 9.54. The lowest BCUT2D eigenvalue weighted by atomic mass is 9.89. The molecule has 0 heterocycles. The number of hydrogen-bond donors (Lipinski definition) is 2. The number of carbonyl (C=O) groups excluding carboxylic acids is 2. The van der Waals surface area contributed by atoms with Gasteiger partial charge in [-0.25, -0.2) is 0 Å². The van der Waals surface area contributed by atoms with Gasteiger partial charge in [-0.3, -0.25) is 9.59 Å². The smallest absolute Gasteiger partial charge is 0.244 e. The van der Waals surface area contributed by atoms with E-state index in [1.54, 1.807) is 6.08 Å². The van der Waals surface area contributed by atoms with E-state index in [1.165, 1.54) is 30.0 Å². The topological polar surface area (TPSA) is 58.2 Å². The lowest BCUT2D eigenvalue weighted by Crippen LogP contribution is -2.37. The van der Waals surface area contributed by atoms with E-state index >= 15 is 0 Å². The standard InChI is InChI=1S/C23H26N2O2/c1-17(20-13-12-19-9-5-6-10-21(19)15-20)25-23(27)16-24-22(26)14-11-18-7-3-2-4-8-18/h2-4,7-8,11-15,17H,5-6,9-10,16H2,1H3,(H,24,26)(H,25,27)/b14-11+/t17-/m1/s1. The molecule has 1 atom stereocenters. The van der Waals surface area contributed by atoms with Crippen molar-refractivity contribution in [3.8, 4) is 0 Å². The minimum absolute atomic E-state index is 0.0345. The Morgan fingerprint density at radius 2 is 1.78 bits per heavy atom. The van der Waals surface area contributed by atoms with Crippen LogP contribution in [0.1, 0.15) is 48.1 Å². The van der Waals surface area contributed by atoms with Crippen LogP contribution in [0.3, 0.4) is 0 Å². The molecule has 4 heteroatoms. The van der Waals surface area contributed by atoms with Gasteiger partial charge in [0.1, 0.15) is 0 Å². The number of fused-ring (bicyclic) bond motifs is 1. The third-order valence-electron chi connectivity index (χ3n) is 4.90. The van der Waals surface area contributed by atoms with Gasteiger partial charge in [0.15, 0.2) is 0 Å². The summed E-state index contributed by atoms with van der Waals surface area (Å²) in [5.74, 6) is -0.475. The van der Waals surface area contributed by atoms with Crippen LogP contribution in [0.2, 0.25) is 0 Å². The molecule has 4 nitrogen and oxygen atoms in total. The normalized spacial score (nSPS) is 14.4. The fraction of sp³-hybridized carbons (Fsp3) is 0.304. The van der Waals surface area contributed by atoms with Gasteiger partial charge >= 0.3 is 0 Å². The van der Waals surface area contributed by atoms with E-state index in [0.717, 1.165) is 24.0 Å². The van der Waals surface area contributed by atoms with Crippen molar-refractivity contribution < 1.29 is 9.59 Å².